The van der Waals surface area contributed by atoms with E-state index in [1.165, 1.54) is 11.9 Å². The first kappa shape index (κ1) is 27.8. The van der Waals surface area contributed by atoms with Crippen LogP contribution < -0.4 is 5.32 Å². The molecule has 3 aromatic carbocycles. The maximum atomic E-state index is 13.4. The van der Waals surface area contributed by atoms with Crippen LogP contribution in [0.1, 0.15) is 26.3 Å². The molecular formula is C27H32BrN3O4S. The Kier molecular flexibility index (Phi) is 9.27. The van der Waals surface area contributed by atoms with Crippen molar-refractivity contribution < 1.29 is 18.0 Å². The minimum Gasteiger partial charge on any atom is -0.354 e. The van der Waals surface area contributed by atoms with Gasteiger partial charge in [-0.25, -0.2) is 8.42 Å². The van der Waals surface area contributed by atoms with Crippen molar-refractivity contribution in [1.82, 2.24) is 14.5 Å². The molecule has 0 spiro atoms. The number of fused-ring (bicyclic) bond motifs is 1. The van der Waals surface area contributed by atoms with Gasteiger partial charge in [-0.1, -0.05) is 72.2 Å². The molecule has 3 aromatic rings. The molecule has 0 aromatic heterocycles. The monoisotopic (exact) mass is 573 g/mol. The van der Waals surface area contributed by atoms with Crippen molar-refractivity contribution in [1.29, 1.82) is 0 Å². The molecule has 0 aliphatic rings. The maximum Gasteiger partial charge on any atom is 0.243 e. The molecule has 0 aliphatic carbocycles. The van der Waals surface area contributed by atoms with Crippen LogP contribution in [0.15, 0.2) is 76.1 Å². The minimum absolute atomic E-state index is 0.110. The van der Waals surface area contributed by atoms with E-state index in [2.05, 4.69) is 21.2 Å². The third kappa shape index (κ3) is 6.93. The Morgan fingerprint density at radius 2 is 1.58 bits per heavy atom. The van der Waals surface area contributed by atoms with Gasteiger partial charge in [-0.05, 0) is 53.4 Å². The Balaban J connectivity index is 1.83. The SMILES string of the molecule is CC(C)CNC(=O)[C@@H](C)N(Cc1ccc(Br)cc1)C(=O)CN(C)S(=O)(=O)c1ccc2ccccc2c1. The number of likely N-dealkylation sites (N-methyl/N-ethyl adjacent to an activating group) is 1. The predicted molar refractivity (Wildman–Crippen MR) is 146 cm³/mol. The zero-order chi connectivity index (χ0) is 26.5. The van der Waals surface area contributed by atoms with Gasteiger partial charge in [0.15, 0.2) is 0 Å². The zero-order valence-corrected chi connectivity index (χ0v) is 23.3. The fourth-order valence-corrected chi connectivity index (χ4v) is 5.12. The highest BCUT2D eigenvalue weighted by Gasteiger charge is 2.30. The summed E-state index contributed by atoms with van der Waals surface area (Å²) < 4.78 is 28.5. The van der Waals surface area contributed by atoms with Crippen molar-refractivity contribution >= 4 is 48.5 Å². The Bertz CT molecular complexity index is 1330. The summed E-state index contributed by atoms with van der Waals surface area (Å²) in [6, 6.07) is 19.0. The Hall–Kier alpha value is -2.75. The molecule has 2 amide bonds. The molecule has 1 N–H and O–H groups in total. The molecule has 0 aliphatic heterocycles. The summed E-state index contributed by atoms with van der Waals surface area (Å²) in [6.45, 7) is 5.90. The highest BCUT2D eigenvalue weighted by atomic mass is 79.9. The predicted octanol–water partition coefficient (Wildman–Crippen LogP) is 4.41. The number of carbonyl (C=O) groups is 2. The van der Waals surface area contributed by atoms with Crippen LogP contribution >= 0.6 is 15.9 Å². The van der Waals surface area contributed by atoms with E-state index in [4.69, 9.17) is 0 Å². The first-order valence-corrected chi connectivity index (χ1v) is 14.0. The molecule has 0 fully saturated rings. The third-order valence-corrected chi connectivity index (χ3v) is 8.23. The number of hydrogen-bond acceptors (Lipinski definition) is 4. The molecule has 0 radical (unpaired) electrons. The molecule has 0 bridgehead atoms. The lowest BCUT2D eigenvalue weighted by Gasteiger charge is -2.30. The standard InChI is InChI=1S/C27H32BrN3O4S/c1-19(2)16-29-27(33)20(3)31(17-21-9-12-24(28)13-10-21)26(32)18-30(4)36(34,35)25-14-11-22-7-5-6-8-23(22)15-25/h5-15,19-20H,16-18H2,1-4H3,(H,29,33)/t20-/m1/s1. The van der Waals surface area contributed by atoms with Gasteiger partial charge in [0.1, 0.15) is 6.04 Å². The van der Waals surface area contributed by atoms with E-state index in [0.29, 0.717) is 6.54 Å². The van der Waals surface area contributed by atoms with E-state index in [9.17, 15) is 18.0 Å². The zero-order valence-electron chi connectivity index (χ0n) is 20.9. The van der Waals surface area contributed by atoms with Gasteiger partial charge < -0.3 is 10.2 Å². The van der Waals surface area contributed by atoms with Gasteiger partial charge in [0.05, 0.1) is 11.4 Å². The molecule has 0 saturated heterocycles. The number of benzene rings is 3. The molecule has 0 saturated carbocycles. The number of nitrogens with one attached hydrogen (secondary N) is 1. The molecule has 192 valence electrons. The van der Waals surface area contributed by atoms with E-state index in [0.717, 1.165) is 25.1 Å². The summed E-state index contributed by atoms with van der Waals surface area (Å²) in [6.07, 6.45) is 0. The molecule has 0 unspecified atom stereocenters. The van der Waals surface area contributed by atoms with Crippen LogP contribution in [0.25, 0.3) is 10.8 Å². The van der Waals surface area contributed by atoms with E-state index >= 15 is 0 Å². The topological polar surface area (TPSA) is 86.8 Å². The number of sulfonamides is 1. The van der Waals surface area contributed by atoms with Crippen molar-refractivity contribution in [2.75, 3.05) is 20.1 Å². The number of hydrogen-bond donors (Lipinski definition) is 1. The highest BCUT2D eigenvalue weighted by Crippen LogP contribution is 2.22. The first-order valence-electron chi connectivity index (χ1n) is 11.8. The Labute approximate surface area is 221 Å². The van der Waals surface area contributed by atoms with Crippen molar-refractivity contribution in [3.63, 3.8) is 0 Å². The van der Waals surface area contributed by atoms with Gasteiger partial charge in [-0.3, -0.25) is 9.59 Å². The molecule has 1 atom stereocenters. The molecule has 7 nitrogen and oxygen atoms in total. The number of halogens is 1. The van der Waals surface area contributed by atoms with Gasteiger partial charge in [0.25, 0.3) is 0 Å². The van der Waals surface area contributed by atoms with Gasteiger partial charge in [0.2, 0.25) is 21.8 Å². The third-order valence-electron chi connectivity index (χ3n) is 5.91. The quantitative estimate of drug-likeness (QED) is 0.389. The van der Waals surface area contributed by atoms with Crippen molar-refractivity contribution in [3.05, 3.63) is 76.8 Å². The smallest absolute Gasteiger partial charge is 0.243 e. The second-order valence-corrected chi connectivity index (χ2v) is 12.2. The summed E-state index contributed by atoms with van der Waals surface area (Å²) in [4.78, 5) is 27.8. The summed E-state index contributed by atoms with van der Waals surface area (Å²) >= 11 is 3.40. The van der Waals surface area contributed by atoms with Crippen LogP contribution in [-0.2, 0) is 26.2 Å². The fraction of sp³-hybridized carbons (Fsp3) is 0.333. The van der Waals surface area contributed by atoms with Crippen molar-refractivity contribution in [2.45, 2.75) is 38.3 Å². The van der Waals surface area contributed by atoms with Gasteiger partial charge in [-0.2, -0.15) is 4.31 Å². The highest BCUT2D eigenvalue weighted by molar-refractivity contribution is 9.10. The van der Waals surface area contributed by atoms with Crippen LogP contribution in [0, 0.1) is 5.92 Å². The normalized spacial score (nSPS) is 12.6. The Morgan fingerprint density at radius 1 is 0.944 bits per heavy atom. The van der Waals surface area contributed by atoms with Gasteiger partial charge in [-0.15, -0.1) is 0 Å². The number of nitrogens with zero attached hydrogens (tertiary/aromatic N) is 2. The van der Waals surface area contributed by atoms with Crippen LogP contribution in [0.4, 0.5) is 0 Å². The number of carbonyl (C=O) groups excluding carboxylic acids is 2. The molecule has 0 heterocycles. The lowest BCUT2D eigenvalue weighted by Crippen LogP contribution is -2.51. The van der Waals surface area contributed by atoms with E-state index in [1.54, 1.807) is 25.1 Å². The van der Waals surface area contributed by atoms with E-state index in [-0.39, 0.29) is 23.3 Å². The average Bonchev–Trinajstić information content (AvgIpc) is 2.85. The lowest BCUT2D eigenvalue weighted by atomic mass is 10.1. The Morgan fingerprint density at radius 3 is 2.22 bits per heavy atom. The van der Waals surface area contributed by atoms with Crippen LogP contribution in [0.2, 0.25) is 0 Å². The second-order valence-electron chi connectivity index (χ2n) is 9.23. The van der Waals surface area contributed by atoms with Crippen molar-refractivity contribution in [2.24, 2.45) is 5.92 Å². The van der Waals surface area contributed by atoms with Crippen LogP contribution in [0.5, 0.6) is 0 Å². The fourth-order valence-electron chi connectivity index (χ4n) is 3.70. The summed E-state index contributed by atoms with van der Waals surface area (Å²) in [5, 5.41) is 4.59. The summed E-state index contributed by atoms with van der Waals surface area (Å²) in [5.74, 6) is -0.485. The second kappa shape index (κ2) is 12.0. The number of rotatable bonds is 10. The van der Waals surface area contributed by atoms with E-state index < -0.39 is 28.5 Å². The molecule has 3 rings (SSSR count). The number of amides is 2. The van der Waals surface area contributed by atoms with E-state index in [1.807, 2.05) is 62.4 Å². The van der Waals surface area contributed by atoms with Crippen molar-refractivity contribution in [3.8, 4) is 0 Å². The molecular weight excluding hydrogens is 542 g/mol. The molecule has 9 heteroatoms. The summed E-state index contributed by atoms with van der Waals surface area (Å²) in [7, 11) is -2.55. The minimum atomic E-state index is -3.93. The lowest BCUT2D eigenvalue weighted by molar-refractivity contribution is -0.140. The van der Waals surface area contributed by atoms with Crippen LogP contribution in [-0.4, -0.2) is 55.6 Å². The first-order chi connectivity index (χ1) is 17.0. The average molecular weight is 575 g/mol. The maximum absolute atomic E-state index is 13.4. The largest absolute Gasteiger partial charge is 0.354 e. The summed E-state index contributed by atoms with van der Waals surface area (Å²) in [5.41, 5.74) is 0.829. The van der Waals surface area contributed by atoms with Crippen LogP contribution in [0.3, 0.4) is 0 Å². The van der Waals surface area contributed by atoms with Gasteiger partial charge in [0, 0.05) is 24.6 Å². The molecule has 36 heavy (non-hydrogen) atoms. The van der Waals surface area contributed by atoms with Gasteiger partial charge >= 0.3 is 0 Å².